The Labute approximate surface area is 137 Å². The molecule has 0 atom stereocenters. The van der Waals surface area contributed by atoms with Crippen molar-refractivity contribution in [2.24, 2.45) is 0 Å². The summed E-state index contributed by atoms with van der Waals surface area (Å²) in [5.41, 5.74) is 7.79. The van der Waals surface area contributed by atoms with Crippen LogP contribution in [-0.2, 0) is 19.3 Å². The third-order valence-corrected chi connectivity index (χ3v) is 4.70. The molecule has 22 heavy (non-hydrogen) atoms. The zero-order valence-corrected chi connectivity index (χ0v) is 14.6. The number of aryl methyl sites for hydroxylation is 2. The van der Waals surface area contributed by atoms with E-state index in [2.05, 4.69) is 38.6 Å². The molecule has 0 aliphatic heterocycles. The molecule has 120 valence electrons. The van der Waals surface area contributed by atoms with E-state index in [1.54, 1.807) is 16.7 Å². The van der Waals surface area contributed by atoms with E-state index in [-0.39, 0.29) is 0 Å². The lowest BCUT2D eigenvalue weighted by Gasteiger charge is -2.12. The van der Waals surface area contributed by atoms with Crippen LogP contribution in [-0.4, -0.2) is 0 Å². The van der Waals surface area contributed by atoms with E-state index in [1.165, 1.54) is 62.5 Å². The summed E-state index contributed by atoms with van der Waals surface area (Å²) in [7, 11) is 0. The lowest BCUT2D eigenvalue weighted by molar-refractivity contribution is 0.707. The van der Waals surface area contributed by atoms with Crippen LogP contribution in [0.15, 0.2) is 30.4 Å². The molecule has 0 spiro atoms. The number of allylic oxidation sites excluding steroid dienone is 2. The summed E-state index contributed by atoms with van der Waals surface area (Å²) in [6.45, 7) is 8.46. The summed E-state index contributed by atoms with van der Waals surface area (Å²) < 4.78 is 0. The predicted molar refractivity (Wildman–Crippen MR) is 99.4 cm³/mol. The van der Waals surface area contributed by atoms with Crippen molar-refractivity contribution in [3.05, 3.63) is 52.6 Å². The maximum absolute atomic E-state index is 3.90. The van der Waals surface area contributed by atoms with Crippen LogP contribution in [0.4, 0.5) is 0 Å². The van der Waals surface area contributed by atoms with Crippen LogP contribution in [0.3, 0.4) is 0 Å². The van der Waals surface area contributed by atoms with E-state index < -0.39 is 0 Å². The van der Waals surface area contributed by atoms with Crippen LogP contribution < -0.4 is 0 Å². The molecule has 0 nitrogen and oxygen atoms in total. The number of hydrogen-bond acceptors (Lipinski definition) is 0. The van der Waals surface area contributed by atoms with Crippen LogP contribution in [0.5, 0.6) is 0 Å². The lowest BCUT2D eigenvalue weighted by Crippen LogP contribution is -1.97. The molecule has 0 heteroatoms. The first-order valence-electron chi connectivity index (χ1n) is 9.23. The van der Waals surface area contributed by atoms with Crippen molar-refractivity contribution >= 4 is 6.08 Å². The number of unbranched alkanes of at least 4 members (excludes halogenated alkanes) is 4. The first kappa shape index (κ1) is 17.1. The highest BCUT2D eigenvalue weighted by atomic mass is 14.2. The van der Waals surface area contributed by atoms with Gasteiger partial charge in [-0.05, 0) is 60.8 Å². The highest BCUT2D eigenvalue weighted by Crippen LogP contribution is 2.32. The summed E-state index contributed by atoms with van der Waals surface area (Å²) >= 11 is 0. The average Bonchev–Trinajstić information content (AvgIpc) is 2.91. The Bertz CT molecular complexity index is 519. The van der Waals surface area contributed by atoms with Crippen LogP contribution in [0.1, 0.15) is 81.0 Å². The summed E-state index contributed by atoms with van der Waals surface area (Å²) in [6, 6.07) is 4.97. The van der Waals surface area contributed by atoms with Gasteiger partial charge in [-0.15, -0.1) is 6.58 Å². The monoisotopic (exact) mass is 296 g/mol. The molecule has 0 unspecified atom stereocenters. The minimum atomic E-state index is 1.04. The molecule has 2 rings (SSSR count). The van der Waals surface area contributed by atoms with Gasteiger partial charge in [-0.3, -0.25) is 0 Å². The number of benzene rings is 1. The van der Waals surface area contributed by atoms with Crippen molar-refractivity contribution in [2.75, 3.05) is 0 Å². The molecule has 0 saturated carbocycles. The van der Waals surface area contributed by atoms with Gasteiger partial charge in [0.2, 0.25) is 0 Å². The fraction of sp³-hybridized carbons (Fsp3) is 0.545. The van der Waals surface area contributed by atoms with Gasteiger partial charge in [-0.2, -0.15) is 0 Å². The standard InChI is InChI=1S/C22H32/c1-4-7-9-12-19-14-20(13-10-8-5-2)22-17-18(11-6-3)15-21(22)16-19/h6,14,16-17H,3-5,7-13,15H2,1-2H3. The van der Waals surface area contributed by atoms with E-state index in [0.29, 0.717) is 0 Å². The summed E-state index contributed by atoms with van der Waals surface area (Å²) in [4.78, 5) is 0. The van der Waals surface area contributed by atoms with Crippen molar-refractivity contribution in [3.63, 3.8) is 0 Å². The minimum Gasteiger partial charge on any atom is -0.103 e. The van der Waals surface area contributed by atoms with Crippen molar-refractivity contribution in [1.29, 1.82) is 0 Å². The molecule has 0 fully saturated rings. The van der Waals surface area contributed by atoms with Gasteiger partial charge < -0.3 is 0 Å². The molecule has 1 aromatic rings. The van der Waals surface area contributed by atoms with E-state index in [0.717, 1.165) is 12.8 Å². The largest absolute Gasteiger partial charge is 0.103 e. The van der Waals surface area contributed by atoms with E-state index in [4.69, 9.17) is 0 Å². The quantitative estimate of drug-likeness (QED) is 0.334. The van der Waals surface area contributed by atoms with Crippen LogP contribution in [0.25, 0.3) is 6.08 Å². The normalized spacial score (nSPS) is 13.1. The summed E-state index contributed by atoms with van der Waals surface area (Å²) in [5.74, 6) is 0. The second kappa shape index (κ2) is 8.98. The molecule has 0 N–H and O–H groups in total. The Morgan fingerprint density at radius 3 is 2.41 bits per heavy atom. The predicted octanol–water partition coefficient (Wildman–Crippen LogP) is 6.67. The number of fused-ring (bicyclic) bond motifs is 1. The van der Waals surface area contributed by atoms with E-state index in [9.17, 15) is 0 Å². The number of hydrogen-bond donors (Lipinski definition) is 0. The zero-order valence-electron chi connectivity index (χ0n) is 14.6. The molecule has 0 saturated heterocycles. The second-order valence-electron chi connectivity index (χ2n) is 6.71. The van der Waals surface area contributed by atoms with Crippen LogP contribution in [0.2, 0.25) is 0 Å². The molecular formula is C22H32. The molecule has 1 aliphatic carbocycles. The fourth-order valence-electron chi connectivity index (χ4n) is 3.49. The van der Waals surface area contributed by atoms with Gasteiger partial charge in [0.15, 0.2) is 0 Å². The van der Waals surface area contributed by atoms with Gasteiger partial charge in [-0.25, -0.2) is 0 Å². The molecule has 0 amide bonds. The van der Waals surface area contributed by atoms with Gasteiger partial charge in [0, 0.05) is 0 Å². The van der Waals surface area contributed by atoms with Crippen molar-refractivity contribution in [1.82, 2.24) is 0 Å². The summed E-state index contributed by atoms with van der Waals surface area (Å²) in [6.07, 6.45) is 17.1. The van der Waals surface area contributed by atoms with Crippen molar-refractivity contribution in [2.45, 2.75) is 78.1 Å². The highest BCUT2D eigenvalue weighted by molar-refractivity contribution is 5.67. The SMILES string of the molecule is C=CCC1=Cc2c(CCCCC)cc(CCCCC)cc2C1. The fourth-order valence-corrected chi connectivity index (χ4v) is 3.49. The van der Waals surface area contributed by atoms with Crippen LogP contribution >= 0.6 is 0 Å². The number of rotatable bonds is 10. The van der Waals surface area contributed by atoms with Gasteiger partial charge >= 0.3 is 0 Å². The second-order valence-corrected chi connectivity index (χ2v) is 6.71. The zero-order chi connectivity index (χ0) is 15.8. The molecule has 1 aliphatic rings. The van der Waals surface area contributed by atoms with Gasteiger partial charge in [0.1, 0.15) is 0 Å². The molecule has 0 heterocycles. The Morgan fingerprint density at radius 1 is 1.00 bits per heavy atom. The Hall–Kier alpha value is -1.30. The molecule has 1 aromatic carbocycles. The summed E-state index contributed by atoms with van der Waals surface area (Å²) in [5, 5.41) is 0. The molecule has 0 radical (unpaired) electrons. The first-order valence-corrected chi connectivity index (χ1v) is 9.23. The molecule has 0 aromatic heterocycles. The first-order chi connectivity index (χ1) is 10.8. The Morgan fingerprint density at radius 2 is 1.73 bits per heavy atom. The van der Waals surface area contributed by atoms with Crippen LogP contribution in [0, 0.1) is 0 Å². The average molecular weight is 296 g/mol. The van der Waals surface area contributed by atoms with Gasteiger partial charge in [-0.1, -0.05) is 69.4 Å². The van der Waals surface area contributed by atoms with Gasteiger partial charge in [0.25, 0.3) is 0 Å². The van der Waals surface area contributed by atoms with Gasteiger partial charge in [0.05, 0.1) is 0 Å². The third-order valence-electron chi connectivity index (χ3n) is 4.70. The lowest BCUT2D eigenvalue weighted by atomic mass is 9.93. The smallest absolute Gasteiger partial charge is 0.00545 e. The highest BCUT2D eigenvalue weighted by Gasteiger charge is 2.16. The van der Waals surface area contributed by atoms with Crippen molar-refractivity contribution in [3.8, 4) is 0 Å². The Kier molecular flexibility index (Phi) is 6.96. The minimum absolute atomic E-state index is 1.04. The van der Waals surface area contributed by atoms with E-state index in [1.807, 2.05) is 6.08 Å². The maximum Gasteiger partial charge on any atom is -0.00545 e. The molecular weight excluding hydrogens is 264 g/mol. The van der Waals surface area contributed by atoms with Crippen molar-refractivity contribution < 1.29 is 0 Å². The molecule has 0 bridgehead atoms. The third kappa shape index (κ3) is 4.60. The topological polar surface area (TPSA) is 0 Å². The Balaban J connectivity index is 2.17. The maximum atomic E-state index is 3.90. The van der Waals surface area contributed by atoms with E-state index >= 15 is 0 Å².